The first kappa shape index (κ1) is 12.3. The molecule has 4 heteroatoms. The van der Waals surface area contributed by atoms with Crippen molar-refractivity contribution in [3.8, 4) is 0 Å². The molecule has 1 fully saturated rings. The van der Waals surface area contributed by atoms with Crippen LogP contribution >= 0.6 is 0 Å². The average molecular weight is 235 g/mol. The van der Waals surface area contributed by atoms with Crippen molar-refractivity contribution in [1.82, 2.24) is 9.97 Å². The number of anilines is 1. The second kappa shape index (κ2) is 6.55. The third-order valence-corrected chi connectivity index (χ3v) is 3.14. The third-order valence-electron chi connectivity index (χ3n) is 3.14. The molecule has 2 rings (SSSR count). The summed E-state index contributed by atoms with van der Waals surface area (Å²) in [6.45, 7) is 4.96. The molecule has 1 saturated heterocycles. The summed E-state index contributed by atoms with van der Waals surface area (Å²) in [5, 5.41) is 3.41. The summed E-state index contributed by atoms with van der Waals surface area (Å²) in [5.74, 6) is 1.67. The minimum atomic E-state index is 0.716. The van der Waals surface area contributed by atoms with Crippen LogP contribution in [0, 0.1) is 5.92 Å². The van der Waals surface area contributed by atoms with Crippen LogP contribution in [0.3, 0.4) is 0 Å². The van der Waals surface area contributed by atoms with Gasteiger partial charge in [-0.1, -0.05) is 13.3 Å². The maximum atomic E-state index is 5.35. The van der Waals surface area contributed by atoms with Crippen molar-refractivity contribution >= 4 is 5.82 Å². The molecule has 2 heterocycles. The van der Waals surface area contributed by atoms with Gasteiger partial charge in [-0.15, -0.1) is 0 Å². The molecular formula is C13H21N3O. The molecule has 0 spiro atoms. The molecule has 1 aromatic heterocycles. The van der Waals surface area contributed by atoms with E-state index in [0.717, 1.165) is 57.0 Å². The highest BCUT2D eigenvalue weighted by Gasteiger charge is 2.13. The Balaban J connectivity index is 1.83. The van der Waals surface area contributed by atoms with E-state index < -0.39 is 0 Å². The summed E-state index contributed by atoms with van der Waals surface area (Å²) in [6, 6.07) is 2.06. The van der Waals surface area contributed by atoms with Gasteiger partial charge < -0.3 is 10.1 Å². The molecule has 1 aliphatic heterocycles. The minimum absolute atomic E-state index is 0.716. The highest BCUT2D eigenvalue weighted by molar-refractivity contribution is 5.34. The molecule has 17 heavy (non-hydrogen) atoms. The lowest BCUT2D eigenvalue weighted by atomic mass is 10.0. The molecule has 94 valence electrons. The van der Waals surface area contributed by atoms with Gasteiger partial charge in [-0.2, -0.15) is 0 Å². The van der Waals surface area contributed by atoms with Gasteiger partial charge in [-0.25, -0.2) is 9.97 Å². The minimum Gasteiger partial charge on any atom is -0.381 e. The highest BCUT2D eigenvalue weighted by Crippen LogP contribution is 2.15. The first-order valence-electron chi connectivity index (χ1n) is 6.51. The summed E-state index contributed by atoms with van der Waals surface area (Å²) in [7, 11) is 0. The zero-order valence-corrected chi connectivity index (χ0v) is 10.5. The Morgan fingerprint density at radius 1 is 1.35 bits per heavy atom. The van der Waals surface area contributed by atoms with Crippen molar-refractivity contribution in [2.24, 2.45) is 5.92 Å². The fraction of sp³-hybridized carbons (Fsp3) is 0.692. The van der Waals surface area contributed by atoms with Crippen LogP contribution in [0.5, 0.6) is 0 Å². The normalized spacial score (nSPS) is 17.0. The first-order chi connectivity index (χ1) is 8.38. The number of rotatable bonds is 5. The predicted molar refractivity (Wildman–Crippen MR) is 68.1 cm³/mol. The molecule has 4 nitrogen and oxygen atoms in total. The van der Waals surface area contributed by atoms with E-state index in [1.807, 2.05) is 0 Å². The number of nitrogens with zero attached hydrogens (tertiary/aromatic N) is 2. The van der Waals surface area contributed by atoms with Crippen molar-refractivity contribution in [2.45, 2.75) is 32.6 Å². The van der Waals surface area contributed by atoms with Crippen LogP contribution < -0.4 is 5.32 Å². The Bertz CT molecular complexity index is 337. The molecule has 0 unspecified atom stereocenters. The van der Waals surface area contributed by atoms with Gasteiger partial charge in [0, 0.05) is 31.5 Å². The van der Waals surface area contributed by atoms with Crippen LogP contribution in [-0.4, -0.2) is 29.7 Å². The highest BCUT2D eigenvalue weighted by atomic mass is 16.5. The Labute approximate surface area is 103 Å². The van der Waals surface area contributed by atoms with Gasteiger partial charge in [-0.3, -0.25) is 0 Å². The van der Waals surface area contributed by atoms with Crippen molar-refractivity contribution in [3.05, 3.63) is 18.1 Å². The molecule has 0 aliphatic carbocycles. The zero-order valence-electron chi connectivity index (χ0n) is 10.5. The van der Waals surface area contributed by atoms with E-state index in [9.17, 15) is 0 Å². The number of nitrogens with one attached hydrogen (secondary N) is 1. The SMILES string of the molecule is CCCc1cc(NCC2CCOCC2)ncn1. The van der Waals surface area contributed by atoms with Crippen molar-refractivity contribution in [3.63, 3.8) is 0 Å². The molecule has 1 N–H and O–H groups in total. The van der Waals surface area contributed by atoms with E-state index in [4.69, 9.17) is 4.74 Å². The number of hydrogen-bond acceptors (Lipinski definition) is 4. The van der Waals surface area contributed by atoms with Crippen LogP contribution in [0.15, 0.2) is 12.4 Å². The first-order valence-corrected chi connectivity index (χ1v) is 6.51. The summed E-state index contributed by atoms with van der Waals surface area (Å²) >= 11 is 0. The van der Waals surface area contributed by atoms with E-state index in [1.165, 1.54) is 0 Å². The largest absolute Gasteiger partial charge is 0.381 e. The summed E-state index contributed by atoms with van der Waals surface area (Å²) in [5.41, 5.74) is 1.12. The van der Waals surface area contributed by atoms with Gasteiger partial charge in [0.1, 0.15) is 12.1 Å². The molecule has 1 aromatic rings. The van der Waals surface area contributed by atoms with Gasteiger partial charge >= 0.3 is 0 Å². The standard InChI is InChI=1S/C13H21N3O/c1-2-3-12-8-13(16-10-15-12)14-9-11-4-6-17-7-5-11/h8,10-11H,2-7,9H2,1H3,(H,14,15,16). The summed E-state index contributed by atoms with van der Waals surface area (Å²) in [6.07, 6.45) is 6.10. The van der Waals surface area contributed by atoms with E-state index in [-0.39, 0.29) is 0 Å². The van der Waals surface area contributed by atoms with E-state index >= 15 is 0 Å². The zero-order chi connectivity index (χ0) is 11.9. The fourth-order valence-corrected chi connectivity index (χ4v) is 2.09. The quantitative estimate of drug-likeness (QED) is 0.850. The topological polar surface area (TPSA) is 47.0 Å². The fourth-order valence-electron chi connectivity index (χ4n) is 2.09. The van der Waals surface area contributed by atoms with Crippen LogP contribution in [0.2, 0.25) is 0 Å². The number of ether oxygens (including phenoxy) is 1. The van der Waals surface area contributed by atoms with E-state index in [0.29, 0.717) is 5.92 Å². The maximum Gasteiger partial charge on any atom is 0.129 e. The lowest BCUT2D eigenvalue weighted by molar-refractivity contribution is 0.0699. The van der Waals surface area contributed by atoms with Crippen LogP contribution in [0.1, 0.15) is 31.9 Å². The van der Waals surface area contributed by atoms with E-state index in [2.05, 4.69) is 28.3 Å². The summed E-state index contributed by atoms with van der Waals surface area (Å²) < 4.78 is 5.35. The second-order valence-electron chi connectivity index (χ2n) is 4.58. The molecule has 0 saturated carbocycles. The van der Waals surface area contributed by atoms with Gasteiger partial charge in [0.15, 0.2) is 0 Å². The number of hydrogen-bond donors (Lipinski definition) is 1. The van der Waals surface area contributed by atoms with Crippen molar-refractivity contribution < 1.29 is 4.74 Å². The van der Waals surface area contributed by atoms with Crippen LogP contribution in [0.25, 0.3) is 0 Å². The van der Waals surface area contributed by atoms with E-state index in [1.54, 1.807) is 6.33 Å². The lowest BCUT2D eigenvalue weighted by Gasteiger charge is -2.22. The average Bonchev–Trinajstić information content (AvgIpc) is 2.39. The van der Waals surface area contributed by atoms with Crippen molar-refractivity contribution in [1.29, 1.82) is 0 Å². The van der Waals surface area contributed by atoms with Gasteiger partial charge in [0.2, 0.25) is 0 Å². The van der Waals surface area contributed by atoms with Crippen molar-refractivity contribution in [2.75, 3.05) is 25.1 Å². The number of aryl methyl sites for hydroxylation is 1. The molecular weight excluding hydrogens is 214 g/mol. The molecule has 1 aliphatic rings. The Hall–Kier alpha value is -1.16. The second-order valence-corrected chi connectivity index (χ2v) is 4.58. The third kappa shape index (κ3) is 3.97. The maximum absolute atomic E-state index is 5.35. The Kier molecular flexibility index (Phi) is 4.74. The van der Waals surface area contributed by atoms with Gasteiger partial charge in [0.05, 0.1) is 0 Å². The molecule has 0 atom stereocenters. The smallest absolute Gasteiger partial charge is 0.129 e. The van der Waals surface area contributed by atoms with Crippen LogP contribution in [0.4, 0.5) is 5.82 Å². The van der Waals surface area contributed by atoms with Gasteiger partial charge in [0.25, 0.3) is 0 Å². The molecule has 0 aromatic carbocycles. The lowest BCUT2D eigenvalue weighted by Crippen LogP contribution is -2.23. The predicted octanol–water partition coefficient (Wildman–Crippen LogP) is 2.27. The monoisotopic (exact) mass is 235 g/mol. The Morgan fingerprint density at radius 2 is 2.18 bits per heavy atom. The molecule has 0 amide bonds. The number of aromatic nitrogens is 2. The molecule has 0 radical (unpaired) electrons. The summed E-state index contributed by atoms with van der Waals surface area (Å²) in [4.78, 5) is 8.51. The van der Waals surface area contributed by atoms with Crippen LogP contribution in [-0.2, 0) is 11.2 Å². The molecule has 0 bridgehead atoms. The van der Waals surface area contributed by atoms with Gasteiger partial charge in [-0.05, 0) is 25.2 Å². The Morgan fingerprint density at radius 3 is 2.94 bits per heavy atom.